The molecule has 25 heavy (non-hydrogen) atoms. The summed E-state index contributed by atoms with van der Waals surface area (Å²) in [6, 6.07) is 3.79. The first-order chi connectivity index (χ1) is 12.0. The van der Waals surface area contributed by atoms with Crippen molar-refractivity contribution >= 4 is 0 Å². The third-order valence-electron chi connectivity index (χ3n) is 4.43. The van der Waals surface area contributed by atoms with Crippen molar-refractivity contribution in [1.29, 1.82) is 0 Å². The molecule has 3 rings (SSSR count). The lowest BCUT2D eigenvalue weighted by molar-refractivity contribution is 0.234. The summed E-state index contributed by atoms with van der Waals surface area (Å²) >= 11 is 0. The van der Waals surface area contributed by atoms with Crippen LogP contribution in [-0.4, -0.2) is 40.6 Å². The topological polar surface area (TPSA) is 80.3 Å². The fraction of sp³-hybridized carbons (Fsp3) is 0.500. The van der Waals surface area contributed by atoms with E-state index in [9.17, 15) is 4.79 Å². The van der Waals surface area contributed by atoms with Gasteiger partial charge in [-0.2, -0.15) is 4.98 Å². The van der Waals surface area contributed by atoms with Crippen LogP contribution in [0.25, 0.3) is 0 Å². The fourth-order valence-corrected chi connectivity index (χ4v) is 3.03. The number of fused-ring (bicyclic) bond motifs is 1. The van der Waals surface area contributed by atoms with E-state index >= 15 is 0 Å². The average molecular weight is 344 g/mol. The summed E-state index contributed by atoms with van der Waals surface area (Å²) < 4.78 is 10.5. The van der Waals surface area contributed by atoms with Gasteiger partial charge in [0.25, 0.3) is 5.56 Å². The van der Waals surface area contributed by atoms with E-state index in [4.69, 9.17) is 9.47 Å². The standard InChI is InChI=1S/C18H24N4O3/c1-11(2)16-19-14-10-22(8-7-13(14)17(23)21-16)9-12-5-6-15(24-3)20-18(12)25-4/h5-6,11H,7-10H2,1-4H3,(H,19,21,23). The van der Waals surface area contributed by atoms with Gasteiger partial charge in [0.1, 0.15) is 5.82 Å². The number of nitrogens with one attached hydrogen (secondary N) is 1. The van der Waals surface area contributed by atoms with E-state index < -0.39 is 0 Å². The summed E-state index contributed by atoms with van der Waals surface area (Å²) in [6.07, 6.45) is 0.696. The number of rotatable bonds is 5. The predicted molar refractivity (Wildman–Crippen MR) is 94.1 cm³/mol. The second kappa shape index (κ2) is 7.23. The Labute approximate surface area is 147 Å². The van der Waals surface area contributed by atoms with Gasteiger partial charge < -0.3 is 14.5 Å². The summed E-state index contributed by atoms with van der Waals surface area (Å²) in [6.45, 7) is 6.19. The zero-order valence-corrected chi connectivity index (χ0v) is 15.1. The van der Waals surface area contributed by atoms with Gasteiger partial charge in [-0.15, -0.1) is 0 Å². The number of ether oxygens (including phenoxy) is 2. The second-order valence-electron chi connectivity index (χ2n) is 6.51. The monoisotopic (exact) mass is 344 g/mol. The zero-order valence-electron chi connectivity index (χ0n) is 15.1. The number of aromatic nitrogens is 3. The van der Waals surface area contributed by atoms with E-state index in [2.05, 4.69) is 19.9 Å². The first-order valence-electron chi connectivity index (χ1n) is 8.44. The maximum Gasteiger partial charge on any atom is 0.254 e. The minimum absolute atomic E-state index is 0.00274. The molecule has 3 heterocycles. The Morgan fingerprint density at radius 1 is 1.24 bits per heavy atom. The second-order valence-corrected chi connectivity index (χ2v) is 6.51. The molecular formula is C18H24N4O3. The summed E-state index contributed by atoms with van der Waals surface area (Å²) in [4.78, 5) is 26.4. The van der Waals surface area contributed by atoms with Crippen molar-refractivity contribution in [3.63, 3.8) is 0 Å². The van der Waals surface area contributed by atoms with Crippen molar-refractivity contribution in [1.82, 2.24) is 19.9 Å². The summed E-state index contributed by atoms with van der Waals surface area (Å²) in [5, 5.41) is 0. The number of hydrogen-bond acceptors (Lipinski definition) is 6. The molecule has 0 saturated heterocycles. The van der Waals surface area contributed by atoms with E-state index in [0.29, 0.717) is 31.3 Å². The molecule has 1 N–H and O–H groups in total. The van der Waals surface area contributed by atoms with Crippen LogP contribution >= 0.6 is 0 Å². The van der Waals surface area contributed by atoms with Crippen LogP contribution in [0.15, 0.2) is 16.9 Å². The number of hydrogen-bond donors (Lipinski definition) is 1. The Hall–Kier alpha value is -2.41. The molecule has 7 nitrogen and oxygen atoms in total. The number of aromatic amines is 1. The van der Waals surface area contributed by atoms with Gasteiger partial charge in [0.15, 0.2) is 0 Å². The van der Waals surface area contributed by atoms with Crippen LogP contribution in [0.2, 0.25) is 0 Å². The summed E-state index contributed by atoms with van der Waals surface area (Å²) in [7, 11) is 3.19. The number of H-pyrrole nitrogens is 1. The van der Waals surface area contributed by atoms with Gasteiger partial charge in [-0.25, -0.2) is 4.98 Å². The molecule has 0 bridgehead atoms. The minimum Gasteiger partial charge on any atom is -0.481 e. The van der Waals surface area contributed by atoms with Crippen LogP contribution in [0.1, 0.15) is 42.4 Å². The molecular weight excluding hydrogens is 320 g/mol. The van der Waals surface area contributed by atoms with Crippen molar-refractivity contribution < 1.29 is 9.47 Å². The van der Waals surface area contributed by atoms with Crippen LogP contribution in [0.5, 0.6) is 11.8 Å². The molecule has 0 aliphatic carbocycles. The molecule has 134 valence electrons. The lowest BCUT2D eigenvalue weighted by Crippen LogP contribution is -2.35. The molecule has 0 unspecified atom stereocenters. The largest absolute Gasteiger partial charge is 0.481 e. The van der Waals surface area contributed by atoms with E-state index in [-0.39, 0.29) is 11.5 Å². The first-order valence-corrected chi connectivity index (χ1v) is 8.44. The number of nitrogens with zero attached hydrogens (tertiary/aromatic N) is 3. The highest BCUT2D eigenvalue weighted by molar-refractivity contribution is 5.31. The molecule has 0 saturated carbocycles. The Bertz CT molecular complexity index is 816. The van der Waals surface area contributed by atoms with Crippen LogP contribution in [0.3, 0.4) is 0 Å². The highest BCUT2D eigenvalue weighted by Gasteiger charge is 2.22. The predicted octanol–water partition coefficient (Wildman–Crippen LogP) is 1.86. The smallest absolute Gasteiger partial charge is 0.254 e. The molecule has 7 heteroatoms. The lowest BCUT2D eigenvalue weighted by Gasteiger charge is -2.28. The molecule has 0 fully saturated rings. The van der Waals surface area contributed by atoms with Crippen molar-refractivity contribution in [3.05, 3.63) is 45.1 Å². The Balaban J connectivity index is 1.82. The van der Waals surface area contributed by atoms with Gasteiger partial charge in [0.2, 0.25) is 11.8 Å². The quantitative estimate of drug-likeness (QED) is 0.892. The lowest BCUT2D eigenvalue weighted by atomic mass is 10.0. The van der Waals surface area contributed by atoms with Crippen molar-refractivity contribution in [2.24, 2.45) is 0 Å². The Kier molecular flexibility index (Phi) is 5.03. The van der Waals surface area contributed by atoms with E-state index in [1.54, 1.807) is 14.2 Å². The highest BCUT2D eigenvalue weighted by Crippen LogP contribution is 2.24. The fourth-order valence-electron chi connectivity index (χ4n) is 3.03. The van der Waals surface area contributed by atoms with Crippen molar-refractivity contribution in [2.75, 3.05) is 20.8 Å². The number of methoxy groups -OCH3 is 2. The van der Waals surface area contributed by atoms with Crippen molar-refractivity contribution in [2.45, 2.75) is 39.3 Å². The zero-order chi connectivity index (χ0) is 18.0. The van der Waals surface area contributed by atoms with Gasteiger partial charge >= 0.3 is 0 Å². The molecule has 2 aromatic rings. The van der Waals surface area contributed by atoms with Gasteiger partial charge in [0, 0.05) is 42.7 Å². The Morgan fingerprint density at radius 2 is 2.04 bits per heavy atom. The Morgan fingerprint density at radius 3 is 2.72 bits per heavy atom. The van der Waals surface area contributed by atoms with Crippen LogP contribution in [-0.2, 0) is 19.5 Å². The third kappa shape index (κ3) is 3.66. The van der Waals surface area contributed by atoms with E-state index in [0.717, 1.165) is 29.2 Å². The van der Waals surface area contributed by atoms with Gasteiger partial charge in [-0.05, 0) is 12.5 Å². The van der Waals surface area contributed by atoms with E-state index in [1.807, 2.05) is 26.0 Å². The molecule has 2 aromatic heterocycles. The molecule has 1 aliphatic heterocycles. The summed E-state index contributed by atoms with van der Waals surface area (Å²) in [5.41, 5.74) is 2.66. The first kappa shape index (κ1) is 17.4. The highest BCUT2D eigenvalue weighted by atomic mass is 16.5. The maximum absolute atomic E-state index is 12.3. The third-order valence-corrected chi connectivity index (χ3v) is 4.43. The maximum atomic E-state index is 12.3. The average Bonchev–Trinajstić information content (AvgIpc) is 2.61. The number of pyridine rings is 1. The van der Waals surface area contributed by atoms with Crippen molar-refractivity contribution in [3.8, 4) is 11.8 Å². The minimum atomic E-state index is -0.00274. The van der Waals surface area contributed by atoms with Gasteiger partial charge in [0.05, 0.1) is 19.9 Å². The van der Waals surface area contributed by atoms with Gasteiger partial charge in [-0.3, -0.25) is 9.69 Å². The molecule has 0 aromatic carbocycles. The molecule has 0 spiro atoms. The van der Waals surface area contributed by atoms with E-state index in [1.165, 1.54) is 0 Å². The van der Waals surface area contributed by atoms with Crippen LogP contribution < -0.4 is 15.0 Å². The molecule has 1 aliphatic rings. The molecule has 0 atom stereocenters. The van der Waals surface area contributed by atoms with Gasteiger partial charge in [-0.1, -0.05) is 13.8 Å². The normalized spacial score (nSPS) is 14.4. The summed E-state index contributed by atoms with van der Waals surface area (Å²) in [5.74, 6) is 2.03. The molecule has 0 radical (unpaired) electrons. The van der Waals surface area contributed by atoms with Crippen LogP contribution in [0, 0.1) is 0 Å². The SMILES string of the molecule is COc1ccc(CN2CCc3c(nc(C(C)C)[nH]c3=O)C2)c(OC)n1. The van der Waals surface area contributed by atoms with Crippen LogP contribution in [0.4, 0.5) is 0 Å². The molecule has 0 amide bonds.